The quantitative estimate of drug-likeness (QED) is 0.262. The normalized spacial score (nSPS) is 31.2. The largest absolute Gasteiger partial charge is 0.522 e. The second kappa shape index (κ2) is 12.0. The first-order valence-electron chi connectivity index (χ1n) is 13.9. The molecule has 0 unspecified atom stereocenters. The van der Waals surface area contributed by atoms with E-state index in [0.29, 0.717) is 24.7 Å². The lowest BCUT2D eigenvalue weighted by molar-refractivity contribution is -0.346. The van der Waals surface area contributed by atoms with Gasteiger partial charge in [0.2, 0.25) is 0 Å². The Balaban J connectivity index is 1.43. The van der Waals surface area contributed by atoms with Gasteiger partial charge in [-0.25, -0.2) is 8.78 Å². The maximum absolute atomic E-state index is 14.6. The molecule has 1 aliphatic heterocycles. The Hall–Kier alpha value is -2.03. The molecule has 3 aliphatic rings. The van der Waals surface area contributed by atoms with Crippen LogP contribution in [-0.4, -0.2) is 36.3 Å². The fraction of sp³-hybridized carbons (Fsp3) is 0.724. The number of ether oxygens (including phenoxy) is 2. The number of alkyl halides is 3. The summed E-state index contributed by atoms with van der Waals surface area (Å²) >= 11 is 0. The predicted molar refractivity (Wildman–Crippen MR) is 134 cm³/mol. The van der Waals surface area contributed by atoms with Crippen LogP contribution < -0.4 is 0 Å². The number of nitrogens with zero attached hydrogens (tertiary/aromatic N) is 1. The van der Waals surface area contributed by atoms with E-state index in [4.69, 9.17) is 9.73 Å². The van der Waals surface area contributed by atoms with Crippen LogP contribution in [0.15, 0.2) is 23.2 Å². The van der Waals surface area contributed by atoms with Crippen molar-refractivity contribution in [2.45, 2.75) is 103 Å². The minimum Gasteiger partial charge on any atom is -0.462 e. The first kappa shape index (κ1) is 29.0. The summed E-state index contributed by atoms with van der Waals surface area (Å²) in [5, 5.41) is 0. The summed E-state index contributed by atoms with van der Waals surface area (Å²) in [6.45, 7) is 5.76. The zero-order valence-electron chi connectivity index (χ0n) is 22.3. The van der Waals surface area contributed by atoms with Crippen molar-refractivity contribution < 1.29 is 36.2 Å². The number of benzene rings is 1. The van der Waals surface area contributed by atoms with Gasteiger partial charge in [0, 0.05) is 12.1 Å². The highest BCUT2D eigenvalue weighted by molar-refractivity contribution is 6.04. The highest BCUT2D eigenvalue weighted by atomic mass is 19.4. The lowest BCUT2D eigenvalue weighted by atomic mass is 9.68. The molecule has 0 aromatic heterocycles. The summed E-state index contributed by atoms with van der Waals surface area (Å²) in [4.78, 5) is 18.0. The van der Waals surface area contributed by atoms with Crippen molar-refractivity contribution in [2.75, 3.05) is 0 Å². The molecule has 2 aliphatic carbocycles. The summed E-state index contributed by atoms with van der Waals surface area (Å²) in [6, 6.07) is 3.29. The van der Waals surface area contributed by atoms with E-state index < -0.39 is 36.1 Å². The minimum absolute atomic E-state index is 0.0791. The van der Waals surface area contributed by atoms with E-state index in [-0.39, 0.29) is 41.6 Å². The van der Waals surface area contributed by atoms with Gasteiger partial charge < -0.3 is 4.74 Å². The van der Waals surface area contributed by atoms with E-state index >= 15 is 0 Å². The molecule has 212 valence electrons. The van der Waals surface area contributed by atoms with Gasteiger partial charge in [-0.15, -0.1) is 13.2 Å². The summed E-state index contributed by atoms with van der Waals surface area (Å²) in [6.07, 6.45) is 0.196. The molecule has 4 nitrogen and oxygen atoms in total. The van der Waals surface area contributed by atoms with E-state index in [1.54, 1.807) is 0 Å². The highest BCUT2D eigenvalue weighted by Crippen LogP contribution is 2.45. The summed E-state index contributed by atoms with van der Waals surface area (Å²) < 4.78 is 76.8. The Kier molecular flexibility index (Phi) is 9.15. The van der Waals surface area contributed by atoms with E-state index in [0.717, 1.165) is 38.5 Å². The third-order valence-electron chi connectivity index (χ3n) is 8.91. The lowest BCUT2D eigenvalue weighted by Gasteiger charge is -2.39. The fourth-order valence-electron chi connectivity index (χ4n) is 6.48. The average Bonchev–Trinajstić information content (AvgIpc) is 3.28. The average molecular weight is 544 g/mol. The van der Waals surface area contributed by atoms with Crippen LogP contribution in [0.2, 0.25) is 0 Å². The van der Waals surface area contributed by atoms with Crippen molar-refractivity contribution in [2.24, 2.45) is 34.6 Å². The molecule has 2 saturated carbocycles. The molecule has 1 heterocycles. The first-order valence-corrected chi connectivity index (χ1v) is 13.9. The van der Waals surface area contributed by atoms with Crippen LogP contribution in [0.25, 0.3) is 0 Å². The Morgan fingerprint density at radius 3 is 1.95 bits per heavy atom. The van der Waals surface area contributed by atoms with Crippen molar-refractivity contribution >= 4 is 11.7 Å². The molecule has 1 aromatic carbocycles. The number of carbonyl (C=O) groups is 1. The smallest absolute Gasteiger partial charge is 0.462 e. The molecular formula is C29H38F5NO3. The Morgan fingerprint density at radius 2 is 1.42 bits per heavy atom. The molecule has 0 N–H and O–H groups in total. The van der Waals surface area contributed by atoms with Crippen molar-refractivity contribution in [1.82, 2.24) is 0 Å². The molecule has 0 bridgehead atoms. The predicted octanol–water partition coefficient (Wildman–Crippen LogP) is 7.63. The Morgan fingerprint density at radius 1 is 0.895 bits per heavy atom. The van der Waals surface area contributed by atoms with Crippen LogP contribution in [0, 0.1) is 41.2 Å². The zero-order chi connectivity index (χ0) is 27.6. The van der Waals surface area contributed by atoms with Crippen LogP contribution in [0.4, 0.5) is 22.0 Å². The van der Waals surface area contributed by atoms with Crippen molar-refractivity contribution in [3.05, 3.63) is 35.4 Å². The van der Waals surface area contributed by atoms with Crippen molar-refractivity contribution in [3.8, 4) is 0 Å². The number of hydrogen-bond acceptors (Lipinski definition) is 4. The van der Waals surface area contributed by atoms with Crippen LogP contribution in [0.1, 0.15) is 84.1 Å². The zero-order valence-corrected chi connectivity index (χ0v) is 22.3. The number of hydrogen-bond donors (Lipinski definition) is 0. The molecule has 9 heteroatoms. The van der Waals surface area contributed by atoms with E-state index in [2.05, 4.69) is 4.74 Å². The number of esters is 1. The number of carbonyl (C=O) groups excluding carboxylic acids is 1. The van der Waals surface area contributed by atoms with Crippen LogP contribution in [0.5, 0.6) is 0 Å². The molecule has 3 atom stereocenters. The SMILES string of the molecule is CC(C)[C@H](C)OC(=O)[C@H]1CC(c2c(F)cccc2F)=N[C@H]1C1CCC(C2CCC(OC(F)(F)F)CC2)CC1. The van der Waals surface area contributed by atoms with Gasteiger partial charge in [-0.05, 0) is 94.1 Å². The van der Waals surface area contributed by atoms with E-state index in [1.165, 1.54) is 18.2 Å². The molecule has 38 heavy (non-hydrogen) atoms. The van der Waals surface area contributed by atoms with Gasteiger partial charge in [-0.2, -0.15) is 0 Å². The van der Waals surface area contributed by atoms with Crippen LogP contribution in [0.3, 0.4) is 0 Å². The number of aliphatic imine (C=N–C) groups is 1. The molecule has 0 amide bonds. The van der Waals surface area contributed by atoms with Gasteiger partial charge in [-0.3, -0.25) is 14.5 Å². The maximum atomic E-state index is 14.6. The van der Waals surface area contributed by atoms with Gasteiger partial charge in [-0.1, -0.05) is 19.9 Å². The standard InChI is InChI=1S/C29H38F5NO3/c1-16(2)17(3)37-28(36)22-15-25(26-23(30)5-4-6-24(26)31)35-27(22)20-9-7-18(8-10-20)19-11-13-21(14-12-19)38-29(32,33)34/h4-6,16-22,27H,7-15H2,1-3H3/t17-,18?,19?,20?,21?,22-,27-/m0/s1. The summed E-state index contributed by atoms with van der Waals surface area (Å²) in [5.41, 5.74) is 0.103. The van der Waals surface area contributed by atoms with Gasteiger partial charge in [0.05, 0.1) is 23.6 Å². The van der Waals surface area contributed by atoms with Crippen LogP contribution >= 0.6 is 0 Å². The first-order chi connectivity index (χ1) is 17.9. The third-order valence-corrected chi connectivity index (χ3v) is 8.91. The fourth-order valence-corrected chi connectivity index (χ4v) is 6.48. The van der Waals surface area contributed by atoms with Crippen molar-refractivity contribution in [3.63, 3.8) is 0 Å². The molecule has 0 spiro atoms. The summed E-state index contributed by atoms with van der Waals surface area (Å²) in [5.74, 6) is -1.36. The maximum Gasteiger partial charge on any atom is 0.522 e. The molecule has 0 saturated heterocycles. The van der Waals surface area contributed by atoms with Crippen molar-refractivity contribution in [1.29, 1.82) is 0 Å². The summed E-state index contributed by atoms with van der Waals surface area (Å²) in [7, 11) is 0. The number of halogens is 5. The highest BCUT2D eigenvalue weighted by Gasteiger charge is 2.44. The van der Waals surface area contributed by atoms with E-state index in [1.807, 2.05) is 20.8 Å². The minimum atomic E-state index is -4.59. The lowest BCUT2D eigenvalue weighted by Crippen LogP contribution is -2.37. The number of rotatable bonds is 7. The molecule has 0 radical (unpaired) electrons. The van der Waals surface area contributed by atoms with Gasteiger partial charge in [0.1, 0.15) is 17.7 Å². The monoisotopic (exact) mass is 543 g/mol. The molecule has 4 rings (SSSR count). The Bertz CT molecular complexity index is 974. The molecule has 1 aromatic rings. The van der Waals surface area contributed by atoms with E-state index in [9.17, 15) is 26.7 Å². The third kappa shape index (κ3) is 6.93. The van der Waals surface area contributed by atoms with Gasteiger partial charge >= 0.3 is 12.3 Å². The second-order valence-corrected chi connectivity index (χ2v) is 11.6. The topological polar surface area (TPSA) is 47.9 Å². The van der Waals surface area contributed by atoms with Crippen LogP contribution in [-0.2, 0) is 14.3 Å². The van der Waals surface area contributed by atoms with Gasteiger partial charge in [0.15, 0.2) is 0 Å². The molecule has 2 fully saturated rings. The van der Waals surface area contributed by atoms with Gasteiger partial charge in [0.25, 0.3) is 0 Å². The Labute approximate surface area is 221 Å². The molecular weight excluding hydrogens is 505 g/mol. The second-order valence-electron chi connectivity index (χ2n) is 11.6.